The summed E-state index contributed by atoms with van der Waals surface area (Å²) < 4.78 is 55.0. The summed E-state index contributed by atoms with van der Waals surface area (Å²) in [6.45, 7) is -0.296. The molecule has 146 valence electrons. The van der Waals surface area contributed by atoms with E-state index in [0.717, 1.165) is 18.2 Å². The Hall–Kier alpha value is -2.28. The van der Waals surface area contributed by atoms with E-state index < -0.39 is 26.7 Å². The number of sulfone groups is 1. The van der Waals surface area contributed by atoms with E-state index in [2.05, 4.69) is 0 Å². The Morgan fingerprint density at radius 3 is 2.21 bits per heavy atom. The van der Waals surface area contributed by atoms with Crippen LogP contribution in [0, 0.1) is 11.6 Å². The zero-order valence-corrected chi connectivity index (χ0v) is 16.2. The minimum atomic E-state index is -4.08. The molecule has 0 spiro atoms. The molecule has 0 saturated carbocycles. The van der Waals surface area contributed by atoms with Gasteiger partial charge in [0.05, 0.1) is 16.8 Å². The summed E-state index contributed by atoms with van der Waals surface area (Å²) in [5, 5.41) is 8.53. The molecule has 0 bridgehead atoms. The smallest absolute Gasteiger partial charge is 0.185 e. The molecule has 1 unspecified atom stereocenters. The van der Waals surface area contributed by atoms with Crippen LogP contribution in [-0.2, 0) is 22.9 Å². The van der Waals surface area contributed by atoms with Gasteiger partial charge in [0.1, 0.15) is 11.6 Å². The van der Waals surface area contributed by atoms with Gasteiger partial charge in [-0.2, -0.15) is 0 Å². The Labute approximate surface area is 167 Å². The van der Waals surface area contributed by atoms with E-state index in [0.29, 0.717) is 16.1 Å². The van der Waals surface area contributed by atoms with Gasteiger partial charge in [-0.05, 0) is 60.0 Å². The van der Waals surface area contributed by atoms with E-state index in [1.54, 1.807) is 24.3 Å². The number of rotatable bonds is 6. The molecular weight excluding hydrogens is 406 g/mol. The van der Waals surface area contributed by atoms with Crippen molar-refractivity contribution in [3.63, 3.8) is 0 Å². The van der Waals surface area contributed by atoms with Crippen LogP contribution in [0.3, 0.4) is 0 Å². The maximum Gasteiger partial charge on any atom is 0.185 e. The van der Waals surface area contributed by atoms with Gasteiger partial charge in [-0.1, -0.05) is 35.9 Å². The highest BCUT2D eigenvalue weighted by atomic mass is 35.5. The predicted molar refractivity (Wildman–Crippen MR) is 104 cm³/mol. The lowest BCUT2D eigenvalue weighted by Crippen LogP contribution is -2.19. The van der Waals surface area contributed by atoms with Crippen molar-refractivity contribution in [3.05, 3.63) is 100 Å². The first-order valence-corrected chi connectivity index (χ1v) is 10.4. The number of benzene rings is 3. The zero-order valence-electron chi connectivity index (χ0n) is 14.6. The van der Waals surface area contributed by atoms with E-state index >= 15 is 0 Å². The quantitative estimate of drug-likeness (QED) is 0.616. The summed E-state index contributed by atoms with van der Waals surface area (Å²) in [4.78, 5) is -0.0490. The van der Waals surface area contributed by atoms with Gasteiger partial charge in [0.2, 0.25) is 0 Å². The number of aliphatic hydroxyl groups excluding tert-OH is 1. The molecule has 0 fully saturated rings. The third-order valence-corrected chi connectivity index (χ3v) is 6.87. The molecule has 0 aliphatic heterocycles. The van der Waals surface area contributed by atoms with Crippen LogP contribution in [0.25, 0.3) is 0 Å². The van der Waals surface area contributed by atoms with Crippen LogP contribution in [0.4, 0.5) is 8.78 Å². The third kappa shape index (κ3) is 4.24. The monoisotopic (exact) mass is 422 g/mol. The van der Waals surface area contributed by atoms with Crippen LogP contribution >= 0.6 is 11.6 Å². The molecule has 1 atom stereocenters. The van der Waals surface area contributed by atoms with Crippen molar-refractivity contribution < 1.29 is 22.3 Å². The Morgan fingerprint density at radius 2 is 1.57 bits per heavy atom. The molecular formula is C21H17ClF2O3S. The molecule has 0 aliphatic carbocycles. The van der Waals surface area contributed by atoms with Crippen molar-refractivity contribution in [1.29, 1.82) is 0 Å². The number of hydrogen-bond acceptors (Lipinski definition) is 3. The number of aliphatic hydroxyl groups is 1. The molecule has 0 heterocycles. The summed E-state index contributed by atoms with van der Waals surface area (Å²) in [6.07, 6.45) is -0.123. The average Bonchev–Trinajstić information content (AvgIpc) is 2.68. The molecule has 0 saturated heterocycles. The molecule has 0 aromatic heterocycles. The molecule has 3 aromatic rings. The van der Waals surface area contributed by atoms with Crippen molar-refractivity contribution in [3.8, 4) is 0 Å². The number of hydrogen-bond donors (Lipinski definition) is 1. The molecule has 1 N–H and O–H groups in total. The first kappa shape index (κ1) is 20.5. The third-order valence-electron chi connectivity index (χ3n) is 4.52. The van der Waals surface area contributed by atoms with Crippen LogP contribution in [0.5, 0.6) is 0 Å². The fraction of sp³-hybridized carbons (Fsp3) is 0.143. The van der Waals surface area contributed by atoms with E-state index in [1.807, 2.05) is 0 Å². The molecule has 0 aliphatic rings. The maximum absolute atomic E-state index is 14.5. The number of halogens is 3. The fourth-order valence-electron chi connectivity index (χ4n) is 3.05. The van der Waals surface area contributed by atoms with Crippen molar-refractivity contribution in [2.75, 3.05) is 0 Å². The van der Waals surface area contributed by atoms with Gasteiger partial charge >= 0.3 is 0 Å². The van der Waals surface area contributed by atoms with Crippen molar-refractivity contribution in [2.45, 2.75) is 23.2 Å². The highest BCUT2D eigenvalue weighted by Gasteiger charge is 2.32. The van der Waals surface area contributed by atoms with Gasteiger partial charge in [-0.15, -0.1) is 0 Å². The Balaban J connectivity index is 2.16. The first-order chi connectivity index (χ1) is 13.3. The van der Waals surface area contributed by atoms with Crippen LogP contribution in [0.1, 0.15) is 21.9 Å². The predicted octanol–water partition coefficient (Wildman–Crippen LogP) is 4.87. The van der Waals surface area contributed by atoms with Crippen LogP contribution in [-0.4, -0.2) is 13.5 Å². The van der Waals surface area contributed by atoms with Gasteiger partial charge in [0.25, 0.3) is 0 Å². The van der Waals surface area contributed by atoms with Gasteiger partial charge in [-0.25, -0.2) is 17.2 Å². The summed E-state index contributed by atoms with van der Waals surface area (Å²) in [5.41, 5.74) is 0.800. The van der Waals surface area contributed by atoms with Crippen LogP contribution in [0.15, 0.2) is 71.6 Å². The normalized spacial score (nSPS) is 12.7. The lowest BCUT2D eigenvalue weighted by atomic mass is 9.99. The fourth-order valence-corrected chi connectivity index (χ4v) is 4.93. The summed E-state index contributed by atoms with van der Waals surface area (Å²) in [6, 6.07) is 15.0. The summed E-state index contributed by atoms with van der Waals surface area (Å²) in [7, 11) is -4.08. The second-order valence-electron chi connectivity index (χ2n) is 6.28. The average molecular weight is 423 g/mol. The molecule has 3 nitrogen and oxygen atoms in total. The maximum atomic E-state index is 14.5. The minimum absolute atomic E-state index is 0.0490. The highest BCUT2D eigenvalue weighted by Crippen LogP contribution is 2.35. The van der Waals surface area contributed by atoms with Crippen molar-refractivity contribution in [1.82, 2.24) is 0 Å². The Morgan fingerprint density at radius 1 is 0.929 bits per heavy atom. The summed E-state index contributed by atoms with van der Waals surface area (Å²) in [5.74, 6) is -1.55. The van der Waals surface area contributed by atoms with E-state index in [9.17, 15) is 22.3 Å². The van der Waals surface area contributed by atoms with E-state index in [4.69, 9.17) is 11.6 Å². The SMILES string of the molecule is O=S(=O)(c1ccc(Cl)cc1)C(Cc1ccccc1CO)c1cc(F)ccc1F. The minimum Gasteiger partial charge on any atom is -0.392 e. The largest absolute Gasteiger partial charge is 0.392 e. The standard InChI is InChI=1S/C21H17ClF2O3S/c22-16-5-8-18(9-6-16)28(26,27)21(19-12-17(23)7-10-20(19)24)11-14-3-1-2-4-15(14)13-25/h1-10,12,21,25H,11,13H2. The molecule has 7 heteroatoms. The van der Waals surface area contributed by atoms with Crippen LogP contribution < -0.4 is 0 Å². The second kappa shape index (κ2) is 8.39. The van der Waals surface area contributed by atoms with Gasteiger partial charge < -0.3 is 5.11 Å². The Kier molecular flexibility index (Phi) is 6.13. The van der Waals surface area contributed by atoms with Gasteiger partial charge in [-0.3, -0.25) is 0 Å². The molecule has 3 rings (SSSR count). The van der Waals surface area contributed by atoms with E-state index in [-0.39, 0.29) is 23.5 Å². The van der Waals surface area contributed by atoms with Crippen molar-refractivity contribution >= 4 is 21.4 Å². The first-order valence-electron chi connectivity index (χ1n) is 8.45. The van der Waals surface area contributed by atoms with E-state index in [1.165, 1.54) is 24.3 Å². The second-order valence-corrected chi connectivity index (χ2v) is 8.85. The molecule has 0 amide bonds. The Bertz CT molecular complexity index is 1080. The lowest BCUT2D eigenvalue weighted by Gasteiger charge is -2.20. The molecule has 3 aromatic carbocycles. The lowest BCUT2D eigenvalue weighted by molar-refractivity contribution is 0.280. The molecule has 28 heavy (non-hydrogen) atoms. The van der Waals surface area contributed by atoms with Crippen LogP contribution in [0.2, 0.25) is 5.02 Å². The topological polar surface area (TPSA) is 54.4 Å². The van der Waals surface area contributed by atoms with Gasteiger partial charge in [0, 0.05) is 10.6 Å². The van der Waals surface area contributed by atoms with Crippen molar-refractivity contribution in [2.24, 2.45) is 0 Å². The zero-order chi connectivity index (χ0) is 20.3. The molecule has 0 radical (unpaired) electrons. The summed E-state index contributed by atoms with van der Waals surface area (Å²) >= 11 is 5.84. The highest BCUT2D eigenvalue weighted by molar-refractivity contribution is 7.91. The van der Waals surface area contributed by atoms with Gasteiger partial charge in [0.15, 0.2) is 9.84 Å².